The first-order valence-electron chi connectivity index (χ1n) is 5.70. The molecule has 0 aromatic carbocycles. The second kappa shape index (κ2) is 5.35. The molecule has 1 fully saturated rings. The van der Waals surface area contributed by atoms with E-state index in [1.165, 1.54) is 4.90 Å². The normalized spacial score (nSPS) is 20.2. The lowest BCUT2D eigenvalue weighted by Crippen LogP contribution is -2.41. The molecular weight excluding hydrogens is 224 g/mol. The first kappa shape index (κ1) is 13.8. The maximum absolute atomic E-state index is 11.6. The molecule has 0 aromatic heterocycles. The molecule has 0 aliphatic carbocycles. The van der Waals surface area contributed by atoms with Crippen molar-refractivity contribution in [2.45, 2.75) is 38.9 Å². The maximum atomic E-state index is 11.6. The van der Waals surface area contributed by atoms with Crippen LogP contribution in [0.3, 0.4) is 0 Å². The van der Waals surface area contributed by atoms with Crippen LogP contribution in [0.25, 0.3) is 0 Å². The Labute approximate surface area is 101 Å². The van der Waals surface area contributed by atoms with E-state index in [9.17, 15) is 14.7 Å². The summed E-state index contributed by atoms with van der Waals surface area (Å²) in [5.74, 6) is -0.201. The number of amides is 2. The number of aliphatic hydroxyl groups is 1. The van der Waals surface area contributed by atoms with Crippen molar-refractivity contribution < 1.29 is 19.4 Å². The summed E-state index contributed by atoms with van der Waals surface area (Å²) in [4.78, 5) is 24.4. The number of hydrogen-bond acceptors (Lipinski definition) is 4. The molecule has 6 nitrogen and oxygen atoms in total. The standard InChI is InChI=1S/C11H20N2O4/c1-11(2,3)17-10(16)12-6-9(15)13-5-4-8(14)7-13/h8,14H,4-7H2,1-3H3,(H,12,16)/t8-/m0/s1. The van der Waals surface area contributed by atoms with Gasteiger partial charge in [-0.05, 0) is 27.2 Å². The molecular formula is C11H20N2O4. The highest BCUT2D eigenvalue weighted by atomic mass is 16.6. The van der Waals surface area contributed by atoms with Gasteiger partial charge in [0.15, 0.2) is 0 Å². The fraction of sp³-hybridized carbons (Fsp3) is 0.818. The number of hydrogen-bond donors (Lipinski definition) is 2. The largest absolute Gasteiger partial charge is 0.444 e. The van der Waals surface area contributed by atoms with Crippen molar-refractivity contribution in [1.82, 2.24) is 10.2 Å². The van der Waals surface area contributed by atoms with Gasteiger partial charge in [0, 0.05) is 13.1 Å². The lowest BCUT2D eigenvalue weighted by molar-refractivity contribution is -0.129. The molecule has 1 saturated heterocycles. The fourth-order valence-corrected chi connectivity index (χ4v) is 1.54. The number of carbonyl (C=O) groups excluding carboxylic acids is 2. The van der Waals surface area contributed by atoms with Gasteiger partial charge in [-0.1, -0.05) is 0 Å². The third kappa shape index (κ3) is 5.04. The Morgan fingerprint density at radius 2 is 2.12 bits per heavy atom. The molecule has 0 aromatic rings. The Bertz CT molecular complexity index is 298. The minimum Gasteiger partial charge on any atom is -0.444 e. The van der Waals surface area contributed by atoms with Crippen LogP contribution in [0.15, 0.2) is 0 Å². The van der Waals surface area contributed by atoms with Crippen molar-refractivity contribution >= 4 is 12.0 Å². The van der Waals surface area contributed by atoms with Crippen molar-refractivity contribution in [3.05, 3.63) is 0 Å². The minimum atomic E-state index is -0.606. The van der Waals surface area contributed by atoms with Crippen LogP contribution in [0, 0.1) is 0 Å². The smallest absolute Gasteiger partial charge is 0.408 e. The molecule has 0 spiro atoms. The molecule has 2 amide bonds. The van der Waals surface area contributed by atoms with Crippen molar-refractivity contribution in [3.8, 4) is 0 Å². The third-order valence-corrected chi connectivity index (χ3v) is 2.30. The van der Waals surface area contributed by atoms with E-state index in [-0.39, 0.29) is 12.5 Å². The molecule has 0 bridgehead atoms. The maximum Gasteiger partial charge on any atom is 0.408 e. The first-order chi connectivity index (χ1) is 7.78. The van der Waals surface area contributed by atoms with Gasteiger partial charge >= 0.3 is 6.09 Å². The molecule has 98 valence electrons. The quantitative estimate of drug-likeness (QED) is 0.722. The van der Waals surface area contributed by atoms with Gasteiger partial charge in [0.1, 0.15) is 12.1 Å². The van der Waals surface area contributed by atoms with E-state index in [1.807, 2.05) is 0 Å². The van der Waals surface area contributed by atoms with Crippen molar-refractivity contribution in [3.63, 3.8) is 0 Å². The van der Waals surface area contributed by atoms with E-state index < -0.39 is 17.8 Å². The zero-order chi connectivity index (χ0) is 13.1. The fourth-order valence-electron chi connectivity index (χ4n) is 1.54. The minimum absolute atomic E-state index is 0.0956. The van der Waals surface area contributed by atoms with Crippen LogP contribution in [-0.4, -0.2) is 53.3 Å². The van der Waals surface area contributed by atoms with Gasteiger partial charge in [-0.3, -0.25) is 4.79 Å². The van der Waals surface area contributed by atoms with Gasteiger partial charge in [0.05, 0.1) is 6.10 Å². The molecule has 1 rings (SSSR count). The number of carbonyl (C=O) groups is 2. The summed E-state index contributed by atoms with van der Waals surface area (Å²) in [6.07, 6.45) is -0.455. The predicted octanol–water partition coefficient (Wildman–Crippen LogP) is 0.104. The van der Waals surface area contributed by atoms with Crippen LogP contribution in [0.2, 0.25) is 0 Å². The van der Waals surface area contributed by atoms with Crippen molar-refractivity contribution in [1.29, 1.82) is 0 Å². The first-order valence-corrected chi connectivity index (χ1v) is 5.70. The predicted molar refractivity (Wildman–Crippen MR) is 61.4 cm³/mol. The number of aliphatic hydroxyl groups excluding tert-OH is 1. The van der Waals surface area contributed by atoms with Gasteiger partial charge in [-0.2, -0.15) is 0 Å². The van der Waals surface area contributed by atoms with Gasteiger partial charge in [-0.25, -0.2) is 4.79 Å². The summed E-state index contributed by atoms with van der Waals surface area (Å²) in [6, 6.07) is 0. The number of nitrogens with one attached hydrogen (secondary N) is 1. The van der Waals surface area contributed by atoms with Crippen LogP contribution < -0.4 is 5.32 Å². The third-order valence-electron chi connectivity index (χ3n) is 2.30. The topological polar surface area (TPSA) is 78.9 Å². The van der Waals surface area contributed by atoms with E-state index in [4.69, 9.17) is 4.74 Å². The molecule has 1 atom stereocenters. The van der Waals surface area contributed by atoms with E-state index in [1.54, 1.807) is 20.8 Å². The van der Waals surface area contributed by atoms with Gasteiger partial charge in [0.25, 0.3) is 0 Å². The SMILES string of the molecule is CC(C)(C)OC(=O)NCC(=O)N1CC[C@H](O)C1. The Balaban J connectivity index is 2.26. The molecule has 0 unspecified atom stereocenters. The molecule has 17 heavy (non-hydrogen) atoms. The van der Waals surface area contributed by atoms with E-state index in [0.717, 1.165) is 0 Å². The molecule has 1 aliphatic heterocycles. The number of rotatable bonds is 2. The van der Waals surface area contributed by atoms with Crippen LogP contribution in [-0.2, 0) is 9.53 Å². The van der Waals surface area contributed by atoms with Crippen molar-refractivity contribution in [2.24, 2.45) is 0 Å². The van der Waals surface area contributed by atoms with Crippen LogP contribution in [0.4, 0.5) is 4.79 Å². The number of nitrogens with zero attached hydrogens (tertiary/aromatic N) is 1. The summed E-state index contributed by atoms with van der Waals surface area (Å²) >= 11 is 0. The zero-order valence-electron chi connectivity index (χ0n) is 10.5. The summed E-state index contributed by atoms with van der Waals surface area (Å²) < 4.78 is 5.00. The average molecular weight is 244 g/mol. The Morgan fingerprint density at radius 1 is 1.47 bits per heavy atom. The van der Waals surface area contributed by atoms with E-state index >= 15 is 0 Å². The van der Waals surface area contributed by atoms with Crippen LogP contribution >= 0.6 is 0 Å². The molecule has 6 heteroatoms. The monoisotopic (exact) mass is 244 g/mol. The summed E-state index contributed by atoms with van der Waals surface area (Å²) in [5, 5.41) is 11.7. The number of ether oxygens (including phenoxy) is 1. The van der Waals surface area contributed by atoms with Gasteiger partial charge in [0.2, 0.25) is 5.91 Å². The molecule has 2 N–H and O–H groups in total. The number of likely N-dealkylation sites (tertiary alicyclic amines) is 1. The average Bonchev–Trinajstić information content (AvgIpc) is 2.58. The molecule has 1 heterocycles. The van der Waals surface area contributed by atoms with Crippen molar-refractivity contribution in [2.75, 3.05) is 19.6 Å². The van der Waals surface area contributed by atoms with E-state index in [2.05, 4.69) is 5.32 Å². The highest BCUT2D eigenvalue weighted by Gasteiger charge is 2.25. The highest BCUT2D eigenvalue weighted by Crippen LogP contribution is 2.09. The van der Waals surface area contributed by atoms with Crippen LogP contribution in [0.1, 0.15) is 27.2 Å². The number of β-amino-alcohol motifs (C(OH)–C–C–N with tert-alkyl or cyclic N) is 1. The number of alkyl carbamates (subject to hydrolysis) is 1. The second-order valence-electron chi connectivity index (χ2n) is 5.14. The lowest BCUT2D eigenvalue weighted by Gasteiger charge is -2.20. The summed E-state index contributed by atoms with van der Waals surface area (Å²) in [7, 11) is 0. The molecule has 0 saturated carbocycles. The Kier molecular flexibility index (Phi) is 4.34. The Morgan fingerprint density at radius 3 is 2.59 bits per heavy atom. The summed E-state index contributed by atoms with van der Waals surface area (Å²) in [5.41, 5.74) is -0.572. The highest BCUT2D eigenvalue weighted by molar-refractivity contribution is 5.82. The second-order valence-corrected chi connectivity index (χ2v) is 5.14. The Hall–Kier alpha value is -1.30. The van der Waals surface area contributed by atoms with Gasteiger partial charge in [-0.15, -0.1) is 0 Å². The van der Waals surface area contributed by atoms with Crippen LogP contribution in [0.5, 0.6) is 0 Å². The zero-order valence-corrected chi connectivity index (χ0v) is 10.5. The summed E-state index contributed by atoms with van der Waals surface area (Å²) in [6.45, 7) is 6.05. The van der Waals surface area contributed by atoms with Gasteiger partial charge < -0.3 is 20.1 Å². The lowest BCUT2D eigenvalue weighted by atomic mass is 10.2. The molecule has 1 aliphatic rings. The molecule has 0 radical (unpaired) electrons. The van der Waals surface area contributed by atoms with E-state index in [0.29, 0.717) is 19.5 Å².